The number of aryl methyl sites for hydroxylation is 2. The van der Waals surface area contributed by atoms with Gasteiger partial charge in [0, 0.05) is 29.2 Å². The Balaban J connectivity index is 1.82. The predicted octanol–water partition coefficient (Wildman–Crippen LogP) is 4.02. The van der Waals surface area contributed by atoms with Gasteiger partial charge in [0.1, 0.15) is 12.0 Å². The second kappa shape index (κ2) is 7.00. The number of benzene rings is 2. The van der Waals surface area contributed by atoms with Gasteiger partial charge in [0.25, 0.3) is 0 Å². The minimum atomic E-state index is 0.415. The van der Waals surface area contributed by atoms with Gasteiger partial charge in [-0.05, 0) is 61.4 Å². The Morgan fingerprint density at radius 1 is 1.08 bits per heavy atom. The maximum Gasteiger partial charge on any atom is 0.230 e. The Morgan fingerprint density at radius 2 is 1.76 bits per heavy atom. The van der Waals surface area contributed by atoms with Crippen LogP contribution in [0.5, 0.6) is 11.6 Å². The van der Waals surface area contributed by atoms with E-state index >= 15 is 0 Å². The number of rotatable bonds is 5. The standard InChI is InChI=1S/C19H18N4O2/c1-12-9-14(11-24)10-13(2)18(12)25-17-7-8-21-19(23-17)22-16-5-3-15(20)4-6-16/h3-11H,20H2,1-2H3,(H,21,22,23). The van der Waals surface area contributed by atoms with Crippen LogP contribution in [0.15, 0.2) is 48.7 Å². The van der Waals surface area contributed by atoms with E-state index in [9.17, 15) is 4.79 Å². The molecule has 0 saturated heterocycles. The second-order valence-electron chi connectivity index (χ2n) is 5.67. The number of aromatic nitrogens is 2. The fourth-order valence-corrected chi connectivity index (χ4v) is 2.47. The fraction of sp³-hybridized carbons (Fsp3) is 0.105. The van der Waals surface area contributed by atoms with Crippen LogP contribution in [0.4, 0.5) is 17.3 Å². The van der Waals surface area contributed by atoms with Crippen molar-refractivity contribution in [1.82, 2.24) is 9.97 Å². The molecule has 0 bridgehead atoms. The van der Waals surface area contributed by atoms with Crippen molar-refractivity contribution >= 4 is 23.6 Å². The Hall–Kier alpha value is -3.41. The first-order chi connectivity index (χ1) is 12.0. The number of aldehydes is 1. The van der Waals surface area contributed by atoms with Gasteiger partial charge in [-0.2, -0.15) is 4.98 Å². The highest BCUT2D eigenvalue weighted by Crippen LogP contribution is 2.29. The second-order valence-corrected chi connectivity index (χ2v) is 5.67. The molecule has 3 N–H and O–H groups in total. The molecular weight excluding hydrogens is 316 g/mol. The molecule has 0 unspecified atom stereocenters. The quantitative estimate of drug-likeness (QED) is 0.541. The van der Waals surface area contributed by atoms with Crippen LogP contribution in [0.2, 0.25) is 0 Å². The monoisotopic (exact) mass is 334 g/mol. The molecule has 1 aromatic heterocycles. The largest absolute Gasteiger partial charge is 0.438 e. The summed E-state index contributed by atoms with van der Waals surface area (Å²) in [7, 11) is 0. The zero-order chi connectivity index (χ0) is 17.8. The van der Waals surface area contributed by atoms with E-state index in [1.807, 2.05) is 26.0 Å². The highest BCUT2D eigenvalue weighted by atomic mass is 16.5. The topological polar surface area (TPSA) is 90.1 Å². The average Bonchev–Trinajstić information content (AvgIpc) is 2.60. The summed E-state index contributed by atoms with van der Waals surface area (Å²) in [6, 6.07) is 12.5. The van der Waals surface area contributed by atoms with E-state index in [2.05, 4.69) is 15.3 Å². The summed E-state index contributed by atoms with van der Waals surface area (Å²) >= 11 is 0. The number of nitrogens with two attached hydrogens (primary N) is 1. The molecular formula is C19H18N4O2. The molecule has 3 rings (SSSR count). The fourth-order valence-electron chi connectivity index (χ4n) is 2.47. The molecule has 0 aliphatic carbocycles. The minimum absolute atomic E-state index is 0.415. The van der Waals surface area contributed by atoms with Crippen LogP contribution in [-0.4, -0.2) is 16.3 Å². The van der Waals surface area contributed by atoms with E-state index in [0.29, 0.717) is 28.8 Å². The number of hydrogen-bond donors (Lipinski definition) is 2. The lowest BCUT2D eigenvalue weighted by Crippen LogP contribution is -2.00. The van der Waals surface area contributed by atoms with Crippen molar-refractivity contribution in [2.75, 3.05) is 11.1 Å². The van der Waals surface area contributed by atoms with Crippen LogP contribution < -0.4 is 15.8 Å². The van der Waals surface area contributed by atoms with E-state index < -0.39 is 0 Å². The zero-order valence-corrected chi connectivity index (χ0v) is 14.0. The van der Waals surface area contributed by atoms with E-state index in [1.54, 1.807) is 36.5 Å². The Bertz CT molecular complexity index is 885. The highest BCUT2D eigenvalue weighted by molar-refractivity contribution is 5.76. The summed E-state index contributed by atoms with van der Waals surface area (Å²) in [5, 5.41) is 3.10. The van der Waals surface area contributed by atoms with Crippen LogP contribution in [0, 0.1) is 13.8 Å². The summed E-state index contributed by atoms with van der Waals surface area (Å²) in [4.78, 5) is 19.5. The number of nitrogen functional groups attached to an aromatic ring is 1. The molecule has 3 aromatic rings. The summed E-state index contributed by atoms with van der Waals surface area (Å²) in [6.45, 7) is 3.79. The van der Waals surface area contributed by atoms with Crippen molar-refractivity contribution in [3.63, 3.8) is 0 Å². The summed E-state index contributed by atoms with van der Waals surface area (Å²) in [5.74, 6) is 1.52. The molecule has 0 aliphatic rings. The molecule has 1 heterocycles. The lowest BCUT2D eigenvalue weighted by molar-refractivity contribution is 0.112. The van der Waals surface area contributed by atoms with Gasteiger partial charge in [0.05, 0.1) is 0 Å². The van der Waals surface area contributed by atoms with Crippen LogP contribution in [0.3, 0.4) is 0 Å². The molecule has 0 radical (unpaired) electrons. The Kier molecular flexibility index (Phi) is 4.61. The highest BCUT2D eigenvalue weighted by Gasteiger charge is 2.09. The molecule has 0 amide bonds. The van der Waals surface area contributed by atoms with E-state index in [-0.39, 0.29) is 0 Å². The molecule has 0 saturated carbocycles. The maximum atomic E-state index is 10.9. The normalized spacial score (nSPS) is 10.3. The van der Waals surface area contributed by atoms with E-state index in [4.69, 9.17) is 10.5 Å². The van der Waals surface area contributed by atoms with Gasteiger partial charge in [0.15, 0.2) is 0 Å². The van der Waals surface area contributed by atoms with Crippen LogP contribution >= 0.6 is 0 Å². The molecule has 6 heteroatoms. The van der Waals surface area contributed by atoms with Gasteiger partial charge >= 0.3 is 0 Å². The first kappa shape index (κ1) is 16.4. The average molecular weight is 334 g/mol. The molecule has 6 nitrogen and oxygen atoms in total. The smallest absolute Gasteiger partial charge is 0.230 e. The lowest BCUT2D eigenvalue weighted by atomic mass is 10.1. The van der Waals surface area contributed by atoms with Crippen molar-refractivity contribution in [1.29, 1.82) is 0 Å². The SMILES string of the molecule is Cc1cc(C=O)cc(C)c1Oc1ccnc(Nc2ccc(N)cc2)n1. The predicted molar refractivity (Wildman–Crippen MR) is 97.5 cm³/mol. The lowest BCUT2D eigenvalue weighted by Gasteiger charge is -2.12. The Morgan fingerprint density at radius 3 is 2.40 bits per heavy atom. The summed E-state index contributed by atoms with van der Waals surface area (Å²) in [6.07, 6.45) is 2.44. The molecule has 25 heavy (non-hydrogen) atoms. The van der Waals surface area contributed by atoms with Gasteiger partial charge in [-0.3, -0.25) is 4.79 Å². The van der Waals surface area contributed by atoms with Crippen molar-refractivity contribution in [2.45, 2.75) is 13.8 Å². The minimum Gasteiger partial charge on any atom is -0.438 e. The first-order valence-electron chi connectivity index (χ1n) is 7.75. The number of nitrogens with zero attached hydrogens (tertiary/aromatic N) is 2. The number of carbonyl (C=O) groups excluding carboxylic acids is 1. The molecule has 0 aliphatic heterocycles. The third-order valence-electron chi connectivity index (χ3n) is 3.62. The van der Waals surface area contributed by atoms with Gasteiger partial charge in [-0.15, -0.1) is 0 Å². The molecule has 0 atom stereocenters. The van der Waals surface area contributed by atoms with Crippen LogP contribution in [0.25, 0.3) is 0 Å². The molecule has 126 valence electrons. The zero-order valence-electron chi connectivity index (χ0n) is 14.0. The number of carbonyl (C=O) groups is 1. The Labute approximate surface area is 145 Å². The summed E-state index contributed by atoms with van der Waals surface area (Å²) in [5.41, 5.74) is 9.55. The van der Waals surface area contributed by atoms with Crippen molar-refractivity contribution in [3.05, 3.63) is 65.4 Å². The van der Waals surface area contributed by atoms with Gasteiger partial charge in [-0.25, -0.2) is 4.98 Å². The van der Waals surface area contributed by atoms with Crippen LogP contribution in [0.1, 0.15) is 21.5 Å². The van der Waals surface area contributed by atoms with Crippen LogP contribution in [-0.2, 0) is 0 Å². The van der Waals surface area contributed by atoms with E-state index in [1.165, 1.54) is 0 Å². The van der Waals surface area contributed by atoms with Crippen molar-refractivity contribution in [3.8, 4) is 11.6 Å². The molecule has 0 spiro atoms. The number of hydrogen-bond acceptors (Lipinski definition) is 6. The van der Waals surface area contributed by atoms with Gasteiger partial charge in [-0.1, -0.05) is 0 Å². The molecule has 2 aromatic carbocycles. The number of nitrogens with one attached hydrogen (secondary N) is 1. The first-order valence-corrected chi connectivity index (χ1v) is 7.75. The maximum absolute atomic E-state index is 10.9. The van der Waals surface area contributed by atoms with Gasteiger partial charge in [0.2, 0.25) is 11.8 Å². The van der Waals surface area contributed by atoms with E-state index in [0.717, 1.165) is 23.1 Å². The summed E-state index contributed by atoms with van der Waals surface area (Å²) < 4.78 is 5.91. The third kappa shape index (κ3) is 3.92. The van der Waals surface area contributed by atoms with Gasteiger partial charge < -0.3 is 15.8 Å². The molecule has 0 fully saturated rings. The third-order valence-corrected chi connectivity index (χ3v) is 3.62. The van der Waals surface area contributed by atoms with Crippen molar-refractivity contribution < 1.29 is 9.53 Å². The number of ether oxygens (including phenoxy) is 1. The number of anilines is 3. The van der Waals surface area contributed by atoms with Crippen molar-refractivity contribution in [2.24, 2.45) is 0 Å².